The van der Waals surface area contributed by atoms with Gasteiger partial charge in [0.05, 0.1) is 11.4 Å². The summed E-state index contributed by atoms with van der Waals surface area (Å²) in [6.45, 7) is 0. The Morgan fingerprint density at radius 2 is 1.58 bits per heavy atom. The predicted molar refractivity (Wildman–Crippen MR) is 93.5 cm³/mol. The number of para-hydroxylation sites is 1. The van der Waals surface area contributed by atoms with Crippen LogP contribution in [-0.4, -0.2) is 9.97 Å². The van der Waals surface area contributed by atoms with E-state index < -0.39 is 11.6 Å². The van der Waals surface area contributed by atoms with E-state index in [1.165, 1.54) is 12.4 Å². The van der Waals surface area contributed by atoms with Gasteiger partial charge in [-0.2, -0.15) is 0 Å². The highest BCUT2D eigenvalue weighted by Gasteiger charge is 2.12. The molecule has 0 aliphatic heterocycles. The molecule has 0 aliphatic rings. The quantitative estimate of drug-likeness (QED) is 0.606. The Morgan fingerprint density at radius 1 is 0.917 bits per heavy atom. The molecular weight excluding hydrogens is 380 g/mol. The zero-order valence-corrected chi connectivity index (χ0v) is 13.8. The minimum Gasteiger partial charge on any atom is -0.393 e. The van der Waals surface area contributed by atoms with Crippen LogP contribution in [0.1, 0.15) is 0 Å². The van der Waals surface area contributed by atoms with Crippen molar-refractivity contribution in [3.8, 4) is 0 Å². The largest absolute Gasteiger partial charge is 0.393 e. The number of anilines is 5. The molecule has 2 aromatic carbocycles. The average Bonchev–Trinajstić information content (AvgIpc) is 2.55. The van der Waals surface area contributed by atoms with Crippen molar-refractivity contribution >= 4 is 44.6 Å². The molecule has 3 rings (SSSR count). The van der Waals surface area contributed by atoms with E-state index in [-0.39, 0.29) is 17.2 Å². The molecule has 0 saturated heterocycles. The van der Waals surface area contributed by atoms with Crippen molar-refractivity contribution in [2.45, 2.75) is 0 Å². The van der Waals surface area contributed by atoms with Crippen molar-refractivity contribution < 1.29 is 8.78 Å². The summed E-state index contributed by atoms with van der Waals surface area (Å²) in [6, 6.07) is 10.6. The van der Waals surface area contributed by atoms with Gasteiger partial charge in [-0.15, -0.1) is 0 Å². The number of hydrogen-bond acceptors (Lipinski definition) is 5. The van der Waals surface area contributed by atoms with Crippen LogP contribution in [0, 0.1) is 11.6 Å². The molecule has 0 saturated carbocycles. The molecule has 5 nitrogen and oxygen atoms in total. The van der Waals surface area contributed by atoms with Crippen molar-refractivity contribution in [3.05, 3.63) is 64.9 Å². The van der Waals surface area contributed by atoms with E-state index in [0.717, 1.165) is 22.3 Å². The summed E-state index contributed by atoms with van der Waals surface area (Å²) in [5, 5.41) is 5.81. The minimum absolute atomic E-state index is 0.0636. The number of halogens is 3. The van der Waals surface area contributed by atoms with Gasteiger partial charge < -0.3 is 16.4 Å². The Balaban J connectivity index is 1.89. The molecule has 0 aliphatic carbocycles. The molecule has 0 bridgehead atoms. The number of nitrogen functional groups attached to an aromatic ring is 1. The standard InChI is InChI=1S/C16H12BrF2N5/c17-10-3-1-2-4-12(10)23-15-14(20)16(22-8-21-15)24-13-6-5-9(18)7-11(13)19/h1-8H,20H2,(H2,21,22,23,24). The van der Waals surface area contributed by atoms with Gasteiger partial charge in [0.25, 0.3) is 0 Å². The van der Waals surface area contributed by atoms with Crippen LogP contribution in [0.5, 0.6) is 0 Å². The first-order valence-corrected chi connectivity index (χ1v) is 7.68. The molecule has 3 aromatic rings. The number of aromatic nitrogens is 2. The molecule has 1 heterocycles. The lowest BCUT2D eigenvalue weighted by molar-refractivity contribution is 0.586. The van der Waals surface area contributed by atoms with Crippen LogP contribution in [0.25, 0.3) is 0 Å². The Bertz CT molecular complexity index is 888. The third kappa shape index (κ3) is 3.43. The highest BCUT2D eigenvalue weighted by atomic mass is 79.9. The predicted octanol–water partition coefficient (Wildman–Crippen LogP) is 4.59. The van der Waals surface area contributed by atoms with Gasteiger partial charge in [0.2, 0.25) is 0 Å². The fourth-order valence-corrected chi connectivity index (χ4v) is 2.39. The van der Waals surface area contributed by atoms with E-state index in [1.807, 2.05) is 24.3 Å². The summed E-state index contributed by atoms with van der Waals surface area (Å²) in [6.07, 6.45) is 1.29. The highest BCUT2D eigenvalue weighted by molar-refractivity contribution is 9.10. The fraction of sp³-hybridized carbons (Fsp3) is 0. The van der Waals surface area contributed by atoms with Gasteiger partial charge in [-0.05, 0) is 40.2 Å². The van der Waals surface area contributed by atoms with Crippen molar-refractivity contribution in [2.75, 3.05) is 16.4 Å². The van der Waals surface area contributed by atoms with Gasteiger partial charge in [0.15, 0.2) is 11.6 Å². The second-order valence-corrected chi connectivity index (χ2v) is 5.69. The maximum absolute atomic E-state index is 13.8. The fourth-order valence-electron chi connectivity index (χ4n) is 2.00. The van der Waals surface area contributed by atoms with E-state index in [0.29, 0.717) is 5.82 Å². The van der Waals surface area contributed by atoms with Crippen molar-refractivity contribution in [1.29, 1.82) is 0 Å². The van der Waals surface area contributed by atoms with Crippen molar-refractivity contribution in [2.24, 2.45) is 0 Å². The molecule has 0 spiro atoms. The number of nitrogens with two attached hydrogens (primary N) is 1. The molecule has 122 valence electrons. The molecular formula is C16H12BrF2N5. The molecule has 0 radical (unpaired) electrons. The number of nitrogens with one attached hydrogen (secondary N) is 2. The monoisotopic (exact) mass is 391 g/mol. The van der Waals surface area contributed by atoms with Crippen molar-refractivity contribution in [3.63, 3.8) is 0 Å². The van der Waals surface area contributed by atoms with E-state index in [4.69, 9.17) is 5.73 Å². The van der Waals surface area contributed by atoms with Gasteiger partial charge >= 0.3 is 0 Å². The summed E-state index contributed by atoms with van der Waals surface area (Å²) in [7, 11) is 0. The summed E-state index contributed by atoms with van der Waals surface area (Å²) in [4.78, 5) is 8.09. The van der Waals surface area contributed by atoms with Crippen LogP contribution in [-0.2, 0) is 0 Å². The van der Waals surface area contributed by atoms with Crippen molar-refractivity contribution in [1.82, 2.24) is 9.97 Å². The molecule has 0 fully saturated rings. The SMILES string of the molecule is Nc1c(Nc2ccc(F)cc2F)ncnc1Nc1ccccc1Br. The third-order valence-corrected chi connectivity index (χ3v) is 3.89. The molecule has 0 atom stereocenters. The van der Waals surface area contributed by atoms with Crippen LogP contribution >= 0.6 is 15.9 Å². The molecule has 4 N–H and O–H groups in total. The lowest BCUT2D eigenvalue weighted by Crippen LogP contribution is -2.06. The second kappa shape index (κ2) is 6.79. The Hall–Kier alpha value is -2.74. The average molecular weight is 392 g/mol. The lowest BCUT2D eigenvalue weighted by atomic mass is 10.3. The van der Waals surface area contributed by atoms with Crippen LogP contribution in [0.15, 0.2) is 53.3 Å². The summed E-state index contributed by atoms with van der Waals surface area (Å²) in [5.74, 6) is -0.828. The van der Waals surface area contributed by atoms with Crippen LogP contribution in [0.3, 0.4) is 0 Å². The number of nitrogens with zero attached hydrogens (tertiary/aromatic N) is 2. The summed E-state index contributed by atoms with van der Waals surface area (Å²) in [5.41, 5.74) is 7.08. The summed E-state index contributed by atoms with van der Waals surface area (Å²) < 4.78 is 27.6. The number of benzene rings is 2. The first kappa shape index (κ1) is 16.1. The first-order chi connectivity index (χ1) is 11.5. The van der Waals surface area contributed by atoms with Gasteiger partial charge in [-0.3, -0.25) is 0 Å². The van der Waals surface area contributed by atoms with E-state index >= 15 is 0 Å². The normalized spacial score (nSPS) is 10.5. The highest BCUT2D eigenvalue weighted by Crippen LogP contribution is 2.31. The topological polar surface area (TPSA) is 75.9 Å². The van der Waals surface area contributed by atoms with Gasteiger partial charge in [0, 0.05) is 10.5 Å². The Labute approximate surface area is 145 Å². The lowest BCUT2D eigenvalue weighted by Gasteiger charge is -2.13. The maximum Gasteiger partial charge on any atom is 0.159 e. The number of rotatable bonds is 4. The Kier molecular flexibility index (Phi) is 4.57. The summed E-state index contributed by atoms with van der Waals surface area (Å²) >= 11 is 3.42. The smallest absolute Gasteiger partial charge is 0.159 e. The number of hydrogen-bond donors (Lipinski definition) is 3. The van der Waals surface area contributed by atoms with Gasteiger partial charge in [-0.25, -0.2) is 18.7 Å². The van der Waals surface area contributed by atoms with Gasteiger partial charge in [-0.1, -0.05) is 12.1 Å². The molecule has 1 aromatic heterocycles. The molecule has 24 heavy (non-hydrogen) atoms. The first-order valence-electron chi connectivity index (χ1n) is 6.88. The van der Waals surface area contributed by atoms with Crippen LogP contribution < -0.4 is 16.4 Å². The van der Waals surface area contributed by atoms with E-state index in [2.05, 4.69) is 36.5 Å². The van der Waals surface area contributed by atoms with E-state index in [9.17, 15) is 8.78 Å². The maximum atomic E-state index is 13.8. The molecule has 0 amide bonds. The van der Waals surface area contributed by atoms with Gasteiger partial charge in [0.1, 0.15) is 23.6 Å². The van der Waals surface area contributed by atoms with Crippen LogP contribution in [0.4, 0.5) is 37.5 Å². The minimum atomic E-state index is -0.742. The zero-order valence-electron chi connectivity index (χ0n) is 12.2. The molecule has 0 unspecified atom stereocenters. The second-order valence-electron chi connectivity index (χ2n) is 4.84. The Morgan fingerprint density at radius 3 is 2.25 bits per heavy atom. The van der Waals surface area contributed by atoms with E-state index in [1.54, 1.807) is 0 Å². The third-order valence-electron chi connectivity index (χ3n) is 3.20. The molecule has 8 heteroatoms. The zero-order chi connectivity index (χ0) is 17.1. The van der Waals surface area contributed by atoms with Crippen LogP contribution in [0.2, 0.25) is 0 Å².